The zero-order chi connectivity index (χ0) is 13.2. The van der Waals surface area contributed by atoms with E-state index in [0.29, 0.717) is 0 Å². The van der Waals surface area contributed by atoms with Gasteiger partial charge in [0, 0.05) is 43.3 Å². The van der Waals surface area contributed by atoms with Crippen molar-refractivity contribution in [3.8, 4) is 0 Å². The molecule has 0 fully saturated rings. The zero-order valence-corrected chi connectivity index (χ0v) is 12.4. The van der Waals surface area contributed by atoms with Crippen molar-refractivity contribution in [2.45, 2.75) is 32.9 Å². The van der Waals surface area contributed by atoms with Crippen LogP contribution >= 0.6 is 11.3 Å². The lowest BCUT2D eigenvalue weighted by Crippen LogP contribution is -2.31. The van der Waals surface area contributed by atoms with Crippen molar-refractivity contribution >= 4 is 11.3 Å². The van der Waals surface area contributed by atoms with Crippen molar-refractivity contribution < 1.29 is 0 Å². The third-order valence-corrected chi connectivity index (χ3v) is 4.78. The first-order valence-corrected chi connectivity index (χ1v) is 7.68. The maximum absolute atomic E-state index is 4.39. The molecule has 2 aromatic heterocycles. The minimum absolute atomic E-state index is 0.736. The number of aryl methyl sites for hydroxylation is 2. The highest BCUT2D eigenvalue weighted by molar-refractivity contribution is 7.09. The van der Waals surface area contributed by atoms with Crippen LogP contribution in [0.25, 0.3) is 0 Å². The summed E-state index contributed by atoms with van der Waals surface area (Å²) >= 11 is 1.76. The van der Waals surface area contributed by atoms with Crippen LogP contribution in [0.15, 0.2) is 17.9 Å². The molecule has 0 radical (unpaired) electrons. The third kappa shape index (κ3) is 2.87. The Labute approximate surface area is 118 Å². The van der Waals surface area contributed by atoms with Crippen LogP contribution in [0.2, 0.25) is 0 Å². The second-order valence-corrected chi connectivity index (χ2v) is 6.40. The Bertz CT molecular complexity index is 545. The minimum Gasteiger partial charge on any atom is -0.335 e. The maximum Gasteiger partial charge on any atom is 0.108 e. The van der Waals surface area contributed by atoms with Gasteiger partial charge in [0.2, 0.25) is 0 Å². The SMILES string of the molecule is Cc1ncsc1CN(C)C[C@@H]1CCc2nccn2C1. The molecule has 1 aliphatic rings. The van der Waals surface area contributed by atoms with Crippen molar-refractivity contribution in [2.24, 2.45) is 5.92 Å². The molecule has 1 aliphatic heterocycles. The predicted molar refractivity (Wildman–Crippen MR) is 77.2 cm³/mol. The molecule has 0 saturated carbocycles. The van der Waals surface area contributed by atoms with E-state index in [1.807, 2.05) is 11.7 Å². The molecular formula is C14H20N4S. The smallest absolute Gasteiger partial charge is 0.108 e. The van der Waals surface area contributed by atoms with Crippen LogP contribution in [-0.4, -0.2) is 33.0 Å². The van der Waals surface area contributed by atoms with Gasteiger partial charge >= 0.3 is 0 Å². The van der Waals surface area contributed by atoms with Crippen LogP contribution in [-0.2, 0) is 19.5 Å². The Balaban J connectivity index is 1.56. The first kappa shape index (κ1) is 12.8. The van der Waals surface area contributed by atoms with E-state index < -0.39 is 0 Å². The van der Waals surface area contributed by atoms with E-state index in [4.69, 9.17) is 0 Å². The van der Waals surface area contributed by atoms with Gasteiger partial charge in [-0.2, -0.15) is 0 Å². The Morgan fingerprint density at radius 1 is 1.47 bits per heavy atom. The fourth-order valence-electron chi connectivity index (χ4n) is 2.81. The van der Waals surface area contributed by atoms with Gasteiger partial charge in [-0.3, -0.25) is 0 Å². The highest BCUT2D eigenvalue weighted by Crippen LogP contribution is 2.21. The Morgan fingerprint density at radius 3 is 3.16 bits per heavy atom. The molecule has 3 heterocycles. The third-order valence-electron chi connectivity index (χ3n) is 3.86. The summed E-state index contributed by atoms with van der Waals surface area (Å²) in [6.07, 6.45) is 6.39. The largest absolute Gasteiger partial charge is 0.335 e. The van der Waals surface area contributed by atoms with E-state index >= 15 is 0 Å². The second kappa shape index (κ2) is 5.43. The summed E-state index contributed by atoms with van der Waals surface area (Å²) in [5.74, 6) is 1.98. The molecule has 3 rings (SSSR count). The monoisotopic (exact) mass is 276 g/mol. The van der Waals surface area contributed by atoms with Crippen molar-refractivity contribution in [3.63, 3.8) is 0 Å². The number of fused-ring (bicyclic) bond motifs is 1. The summed E-state index contributed by atoms with van der Waals surface area (Å²) in [6, 6.07) is 0. The average Bonchev–Trinajstić information content (AvgIpc) is 2.98. The summed E-state index contributed by atoms with van der Waals surface area (Å²) < 4.78 is 2.31. The molecule has 2 aromatic rings. The van der Waals surface area contributed by atoms with Gasteiger partial charge in [-0.15, -0.1) is 11.3 Å². The molecule has 19 heavy (non-hydrogen) atoms. The number of imidazole rings is 1. The molecule has 0 unspecified atom stereocenters. The summed E-state index contributed by atoms with van der Waals surface area (Å²) in [5, 5.41) is 0. The highest BCUT2D eigenvalue weighted by Gasteiger charge is 2.20. The molecule has 0 spiro atoms. The molecule has 0 aliphatic carbocycles. The lowest BCUT2D eigenvalue weighted by molar-refractivity contribution is 0.230. The standard InChI is InChI=1S/C14H20N4S/c1-11-13(19-10-16-11)9-17(2)7-12-3-4-14-15-5-6-18(14)8-12/h5-6,10,12H,3-4,7-9H2,1-2H3/t12-/m0/s1. The normalized spacial score (nSPS) is 18.8. The van der Waals surface area contributed by atoms with Crippen LogP contribution in [0.1, 0.15) is 22.8 Å². The molecular weight excluding hydrogens is 256 g/mol. The number of hydrogen-bond acceptors (Lipinski definition) is 4. The maximum atomic E-state index is 4.39. The van der Waals surface area contributed by atoms with Crippen molar-refractivity contribution in [1.82, 2.24) is 19.4 Å². The Morgan fingerprint density at radius 2 is 2.37 bits per heavy atom. The van der Waals surface area contributed by atoms with Crippen LogP contribution in [0.5, 0.6) is 0 Å². The Kier molecular flexibility index (Phi) is 3.66. The van der Waals surface area contributed by atoms with Crippen molar-refractivity contribution in [1.29, 1.82) is 0 Å². The van der Waals surface area contributed by atoms with Gasteiger partial charge in [0.1, 0.15) is 5.82 Å². The summed E-state index contributed by atoms with van der Waals surface area (Å²) in [7, 11) is 2.21. The van der Waals surface area contributed by atoms with E-state index in [1.54, 1.807) is 11.3 Å². The van der Waals surface area contributed by atoms with Crippen LogP contribution in [0.4, 0.5) is 0 Å². The fraction of sp³-hybridized carbons (Fsp3) is 0.571. The number of nitrogens with zero attached hydrogens (tertiary/aromatic N) is 4. The molecule has 102 valence electrons. The zero-order valence-electron chi connectivity index (χ0n) is 11.5. The lowest BCUT2D eigenvalue weighted by atomic mass is 9.99. The summed E-state index contributed by atoms with van der Waals surface area (Å²) in [5.41, 5.74) is 3.12. The molecule has 0 aromatic carbocycles. The number of aromatic nitrogens is 3. The molecule has 5 heteroatoms. The molecule has 0 bridgehead atoms. The van der Waals surface area contributed by atoms with Crippen LogP contribution in [0, 0.1) is 12.8 Å². The Hall–Kier alpha value is -1.20. The van der Waals surface area contributed by atoms with Gasteiger partial charge in [0.05, 0.1) is 11.2 Å². The van der Waals surface area contributed by atoms with Gasteiger partial charge in [0.15, 0.2) is 0 Å². The molecule has 0 saturated heterocycles. The van der Waals surface area contributed by atoms with Gasteiger partial charge in [0.25, 0.3) is 0 Å². The highest BCUT2D eigenvalue weighted by atomic mass is 32.1. The van der Waals surface area contributed by atoms with Gasteiger partial charge < -0.3 is 9.47 Å². The van der Waals surface area contributed by atoms with E-state index in [9.17, 15) is 0 Å². The second-order valence-electron chi connectivity index (χ2n) is 5.46. The van der Waals surface area contributed by atoms with E-state index in [0.717, 1.165) is 32.0 Å². The van der Waals surface area contributed by atoms with Crippen LogP contribution in [0.3, 0.4) is 0 Å². The fourth-order valence-corrected chi connectivity index (χ4v) is 3.67. The summed E-state index contributed by atoms with van der Waals surface area (Å²) in [4.78, 5) is 12.5. The van der Waals surface area contributed by atoms with Crippen molar-refractivity contribution in [3.05, 3.63) is 34.3 Å². The van der Waals surface area contributed by atoms with E-state index in [1.165, 1.54) is 22.8 Å². The van der Waals surface area contributed by atoms with Gasteiger partial charge in [-0.1, -0.05) is 0 Å². The predicted octanol–water partition coefficient (Wildman–Crippen LogP) is 2.34. The number of rotatable bonds is 4. The topological polar surface area (TPSA) is 34.0 Å². The summed E-state index contributed by atoms with van der Waals surface area (Å²) in [6.45, 7) is 5.37. The molecule has 1 atom stereocenters. The molecule has 0 N–H and O–H groups in total. The van der Waals surface area contributed by atoms with E-state index in [-0.39, 0.29) is 0 Å². The quantitative estimate of drug-likeness (QED) is 0.859. The van der Waals surface area contributed by atoms with Gasteiger partial charge in [-0.05, 0) is 26.3 Å². The van der Waals surface area contributed by atoms with Gasteiger partial charge in [-0.25, -0.2) is 9.97 Å². The number of hydrogen-bond donors (Lipinski definition) is 0. The first-order valence-electron chi connectivity index (χ1n) is 6.80. The molecule has 0 amide bonds. The van der Waals surface area contributed by atoms with Crippen molar-refractivity contribution in [2.75, 3.05) is 13.6 Å². The van der Waals surface area contributed by atoms with E-state index in [2.05, 4.69) is 39.6 Å². The minimum atomic E-state index is 0.736. The number of thiazole rings is 1. The molecule has 4 nitrogen and oxygen atoms in total. The average molecular weight is 276 g/mol. The lowest BCUT2D eigenvalue weighted by Gasteiger charge is -2.28. The van der Waals surface area contributed by atoms with Crippen LogP contribution < -0.4 is 0 Å². The first-order chi connectivity index (χ1) is 9.22.